The van der Waals surface area contributed by atoms with Crippen molar-refractivity contribution in [2.75, 3.05) is 7.11 Å². The normalized spacial score (nSPS) is 11.2. The second-order valence-corrected chi connectivity index (χ2v) is 4.15. The van der Waals surface area contributed by atoms with Crippen LogP contribution in [0.15, 0.2) is 36.5 Å². The van der Waals surface area contributed by atoms with Gasteiger partial charge in [0.2, 0.25) is 0 Å². The SMILES string of the molecule is COc1ccc(-c2ccc(C(F)(F)F)nc2)cc1C(=O)O. The number of halogens is 3. The largest absolute Gasteiger partial charge is 0.496 e. The number of aromatic nitrogens is 1. The van der Waals surface area contributed by atoms with Gasteiger partial charge < -0.3 is 9.84 Å². The molecule has 1 aromatic heterocycles. The van der Waals surface area contributed by atoms with Crippen LogP contribution in [0, 0.1) is 0 Å². The molecule has 0 aliphatic heterocycles. The van der Waals surface area contributed by atoms with Crippen molar-refractivity contribution in [3.8, 4) is 16.9 Å². The molecule has 110 valence electrons. The van der Waals surface area contributed by atoms with Gasteiger partial charge in [-0.25, -0.2) is 4.79 Å². The van der Waals surface area contributed by atoms with Crippen molar-refractivity contribution >= 4 is 5.97 Å². The van der Waals surface area contributed by atoms with Crippen molar-refractivity contribution in [2.45, 2.75) is 6.18 Å². The zero-order valence-electron chi connectivity index (χ0n) is 10.8. The molecular weight excluding hydrogens is 287 g/mol. The number of alkyl halides is 3. The zero-order valence-corrected chi connectivity index (χ0v) is 10.8. The third-order valence-corrected chi connectivity index (χ3v) is 2.82. The molecule has 0 bridgehead atoms. The minimum absolute atomic E-state index is 0.0742. The summed E-state index contributed by atoms with van der Waals surface area (Å²) in [5.74, 6) is -1.01. The molecule has 0 unspecified atom stereocenters. The summed E-state index contributed by atoms with van der Waals surface area (Å²) in [6.45, 7) is 0. The summed E-state index contributed by atoms with van der Waals surface area (Å²) < 4.78 is 42.2. The number of hydrogen-bond acceptors (Lipinski definition) is 3. The quantitative estimate of drug-likeness (QED) is 0.942. The number of carboxylic acids is 1. The van der Waals surface area contributed by atoms with Crippen LogP contribution in [0.3, 0.4) is 0 Å². The van der Waals surface area contributed by atoms with Crippen molar-refractivity contribution in [3.63, 3.8) is 0 Å². The summed E-state index contributed by atoms with van der Waals surface area (Å²) >= 11 is 0. The van der Waals surface area contributed by atoms with E-state index >= 15 is 0 Å². The van der Waals surface area contributed by atoms with Crippen LogP contribution < -0.4 is 4.74 Å². The molecule has 4 nitrogen and oxygen atoms in total. The highest BCUT2D eigenvalue weighted by atomic mass is 19.4. The Balaban J connectivity index is 2.43. The minimum Gasteiger partial charge on any atom is -0.496 e. The molecule has 2 aromatic rings. The first-order chi connectivity index (χ1) is 9.82. The van der Waals surface area contributed by atoms with E-state index in [1.807, 2.05) is 0 Å². The first-order valence-corrected chi connectivity index (χ1v) is 5.78. The average molecular weight is 297 g/mol. The molecular formula is C14H10F3NO3. The van der Waals surface area contributed by atoms with E-state index in [4.69, 9.17) is 9.84 Å². The molecule has 0 saturated heterocycles. The minimum atomic E-state index is -4.51. The number of carbonyl (C=O) groups is 1. The van der Waals surface area contributed by atoms with Gasteiger partial charge in [-0.05, 0) is 23.8 Å². The molecule has 0 aliphatic carbocycles. The predicted molar refractivity (Wildman–Crippen MR) is 68.2 cm³/mol. The first-order valence-electron chi connectivity index (χ1n) is 5.78. The van der Waals surface area contributed by atoms with E-state index in [-0.39, 0.29) is 11.3 Å². The molecule has 7 heteroatoms. The van der Waals surface area contributed by atoms with Gasteiger partial charge in [0, 0.05) is 11.8 Å². The highest BCUT2D eigenvalue weighted by molar-refractivity contribution is 5.92. The number of rotatable bonds is 3. The fourth-order valence-corrected chi connectivity index (χ4v) is 1.79. The molecule has 0 fully saturated rings. The van der Waals surface area contributed by atoms with E-state index in [1.54, 1.807) is 6.07 Å². The van der Waals surface area contributed by atoms with Gasteiger partial charge in [0.25, 0.3) is 0 Å². The third kappa shape index (κ3) is 3.13. The van der Waals surface area contributed by atoms with Gasteiger partial charge in [-0.15, -0.1) is 0 Å². The Morgan fingerprint density at radius 3 is 2.33 bits per heavy atom. The van der Waals surface area contributed by atoms with E-state index in [9.17, 15) is 18.0 Å². The maximum absolute atomic E-state index is 12.4. The Labute approximate surface area is 117 Å². The second kappa shape index (κ2) is 5.43. The topological polar surface area (TPSA) is 59.4 Å². The molecule has 0 atom stereocenters. The number of aromatic carboxylic acids is 1. The predicted octanol–water partition coefficient (Wildman–Crippen LogP) is 3.47. The van der Waals surface area contributed by atoms with Crippen molar-refractivity contribution < 1.29 is 27.8 Å². The summed E-state index contributed by atoms with van der Waals surface area (Å²) in [5, 5.41) is 9.07. The van der Waals surface area contributed by atoms with Gasteiger partial charge in [0.05, 0.1) is 7.11 Å². The number of ether oxygens (including phenoxy) is 1. The Hall–Kier alpha value is -2.57. The lowest BCUT2D eigenvalue weighted by Crippen LogP contribution is -2.07. The van der Waals surface area contributed by atoms with Crippen molar-refractivity contribution in [1.82, 2.24) is 4.98 Å². The van der Waals surface area contributed by atoms with Gasteiger partial charge in [0.15, 0.2) is 0 Å². The van der Waals surface area contributed by atoms with E-state index in [0.717, 1.165) is 12.3 Å². The lowest BCUT2D eigenvalue weighted by Gasteiger charge is -2.09. The van der Waals surface area contributed by atoms with Gasteiger partial charge in [-0.1, -0.05) is 12.1 Å². The number of pyridine rings is 1. The molecule has 0 aliphatic rings. The molecule has 0 amide bonds. The standard InChI is InChI=1S/C14H10F3NO3/c1-21-11-4-2-8(6-10(11)13(19)20)9-3-5-12(18-7-9)14(15,16)17/h2-7H,1H3,(H,19,20). The number of hydrogen-bond donors (Lipinski definition) is 1. The Morgan fingerprint density at radius 2 is 1.86 bits per heavy atom. The Kier molecular flexibility index (Phi) is 3.84. The van der Waals surface area contributed by atoms with Gasteiger partial charge >= 0.3 is 12.1 Å². The fourth-order valence-electron chi connectivity index (χ4n) is 1.79. The Morgan fingerprint density at radius 1 is 1.19 bits per heavy atom. The maximum atomic E-state index is 12.4. The van der Waals surface area contributed by atoms with Crippen LogP contribution in [-0.4, -0.2) is 23.2 Å². The van der Waals surface area contributed by atoms with Crippen molar-refractivity contribution in [3.05, 3.63) is 47.8 Å². The van der Waals surface area contributed by atoms with Crippen LogP contribution in [0.4, 0.5) is 13.2 Å². The highest BCUT2D eigenvalue weighted by Crippen LogP contribution is 2.30. The van der Waals surface area contributed by atoms with Gasteiger partial charge in [-0.3, -0.25) is 4.98 Å². The van der Waals surface area contributed by atoms with E-state index in [1.165, 1.54) is 25.3 Å². The van der Waals surface area contributed by atoms with Crippen LogP contribution >= 0.6 is 0 Å². The number of carboxylic acid groups (broad SMARTS) is 1. The van der Waals surface area contributed by atoms with Crippen LogP contribution in [0.5, 0.6) is 5.75 Å². The van der Waals surface area contributed by atoms with Crippen LogP contribution in [0.1, 0.15) is 16.1 Å². The molecule has 1 heterocycles. The van der Waals surface area contributed by atoms with Crippen LogP contribution in [0.25, 0.3) is 11.1 Å². The third-order valence-electron chi connectivity index (χ3n) is 2.82. The van der Waals surface area contributed by atoms with Crippen molar-refractivity contribution in [1.29, 1.82) is 0 Å². The zero-order chi connectivity index (χ0) is 15.6. The van der Waals surface area contributed by atoms with Gasteiger partial charge in [0.1, 0.15) is 17.0 Å². The lowest BCUT2D eigenvalue weighted by molar-refractivity contribution is -0.141. The summed E-state index contributed by atoms with van der Waals surface area (Å²) in [6.07, 6.45) is -3.46. The number of benzene rings is 1. The molecule has 0 saturated carbocycles. The molecule has 0 radical (unpaired) electrons. The van der Waals surface area contributed by atoms with Crippen LogP contribution in [0.2, 0.25) is 0 Å². The van der Waals surface area contributed by atoms with Crippen molar-refractivity contribution in [2.24, 2.45) is 0 Å². The highest BCUT2D eigenvalue weighted by Gasteiger charge is 2.32. The fraction of sp³-hybridized carbons (Fsp3) is 0.143. The summed E-state index contributed by atoms with van der Waals surface area (Å²) in [7, 11) is 1.33. The average Bonchev–Trinajstić information content (AvgIpc) is 2.45. The van der Waals surface area contributed by atoms with E-state index in [0.29, 0.717) is 11.1 Å². The van der Waals surface area contributed by atoms with Crippen LogP contribution in [-0.2, 0) is 6.18 Å². The molecule has 1 aromatic carbocycles. The molecule has 21 heavy (non-hydrogen) atoms. The summed E-state index contributed by atoms with van der Waals surface area (Å²) in [4.78, 5) is 14.4. The smallest absolute Gasteiger partial charge is 0.433 e. The second-order valence-electron chi connectivity index (χ2n) is 4.15. The van der Waals surface area contributed by atoms with E-state index < -0.39 is 17.8 Å². The summed E-state index contributed by atoms with van der Waals surface area (Å²) in [5.41, 5.74) is -0.254. The number of methoxy groups -OCH3 is 1. The number of nitrogens with zero attached hydrogens (tertiary/aromatic N) is 1. The lowest BCUT2D eigenvalue weighted by atomic mass is 10.0. The molecule has 1 N–H and O–H groups in total. The van der Waals surface area contributed by atoms with Gasteiger partial charge in [-0.2, -0.15) is 13.2 Å². The van der Waals surface area contributed by atoms with E-state index in [2.05, 4.69) is 4.98 Å². The summed E-state index contributed by atoms with van der Waals surface area (Å²) in [6, 6.07) is 6.40. The Bertz CT molecular complexity index is 666. The maximum Gasteiger partial charge on any atom is 0.433 e. The molecule has 0 spiro atoms. The molecule has 2 rings (SSSR count). The first kappa shape index (κ1) is 14.8. The monoisotopic (exact) mass is 297 g/mol.